The summed E-state index contributed by atoms with van der Waals surface area (Å²) < 4.78 is 2.46. The normalized spacial score (nSPS) is 12.1. The third-order valence-electron chi connectivity index (χ3n) is 8.55. The number of hydrogen-bond acceptors (Lipinski definition) is 0. The van der Waals surface area contributed by atoms with Gasteiger partial charge in [-0.25, -0.2) is 0 Å². The molecule has 0 aliphatic heterocycles. The minimum atomic E-state index is 1.20. The van der Waals surface area contributed by atoms with E-state index in [1.54, 1.807) is 0 Å². The van der Waals surface area contributed by atoms with Crippen LogP contribution in [0, 0.1) is 0 Å². The molecule has 7 aromatic carbocycles. The zero-order chi connectivity index (χ0) is 25.5. The number of fused-ring (bicyclic) bond motifs is 8. The molecule has 1 nitrogen and oxygen atoms in total. The molecule has 0 fully saturated rings. The van der Waals surface area contributed by atoms with Crippen molar-refractivity contribution < 1.29 is 0 Å². The second kappa shape index (κ2) is 7.69. The van der Waals surface area contributed by atoms with E-state index >= 15 is 0 Å². The van der Waals surface area contributed by atoms with Crippen molar-refractivity contribution >= 4 is 43.4 Å². The highest BCUT2D eigenvalue weighted by atomic mass is 15.0. The van der Waals surface area contributed by atoms with Crippen LogP contribution < -0.4 is 0 Å². The molecule has 1 heteroatoms. The second-order valence-corrected chi connectivity index (χ2v) is 10.5. The van der Waals surface area contributed by atoms with Gasteiger partial charge in [-0.05, 0) is 67.6 Å². The van der Waals surface area contributed by atoms with Crippen molar-refractivity contribution in [2.45, 2.75) is 0 Å². The van der Waals surface area contributed by atoms with E-state index in [1.165, 1.54) is 82.4 Å². The minimum Gasteiger partial charge on any atom is -0.309 e. The first-order chi connectivity index (χ1) is 19.4. The van der Waals surface area contributed by atoms with Gasteiger partial charge < -0.3 is 4.57 Å². The average molecular weight is 494 g/mol. The first-order valence-corrected chi connectivity index (χ1v) is 13.5. The lowest BCUT2D eigenvalue weighted by Crippen LogP contribution is -1.97. The van der Waals surface area contributed by atoms with E-state index in [0.717, 1.165) is 0 Å². The van der Waals surface area contributed by atoms with Crippen LogP contribution in [0.15, 0.2) is 140 Å². The molecule has 1 aromatic heterocycles. The highest BCUT2D eigenvalue weighted by Gasteiger charge is 2.23. The molecule has 0 saturated heterocycles. The molecule has 39 heavy (non-hydrogen) atoms. The molecule has 0 bridgehead atoms. The molecule has 0 atom stereocenters. The van der Waals surface area contributed by atoms with Crippen LogP contribution in [0.25, 0.3) is 82.4 Å². The Bertz CT molecular complexity index is 2250. The fourth-order valence-corrected chi connectivity index (χ4v) is 6.94. The molecule has 8 aromatic rings. The fourth-order valence-electron chi connectivity index (χ4n) is 6.94. The molecule has 0 saturated carbocycles. The smallest absolute Gasteiger partial charge is 0.0547 e. The van der Waals surface area contributed by atoms with Crippen LogP contribution in [-0.2, 0) is 0 Å². The molecule has 0 amide bonds. The van der Waals surface area contributed by atoms with Crippen molar-refractivity contribution in [3.63, 3.8) is 0 Å². The summed E-state index contributed by atoms with van der Waals surface area (Å²) in [5.74, 6) is 0. The lowest BCUT2D eigenvalue weighted by atomic mass is 9.93. The van der Waals surface area contributed by atoms with Gasteiger partial charge in [0.15, 0.2) is 0 Å². The Kier molecular flexibility index (Phi) is 4.11. The molecule has 0 N–H and O–H groups in total. The molecule has 1 heterocycles. The third-order valence-corrected chi connectivity index (χ3v) is 8.55. The maximum Gasteiger partial charge on any atom is 0.0547 e. The number of para-hydroxylation sites is 2. The molecular weight excluding hydrogens is 470 g/mol. The van der Waals surface area contributed by atoms with Crippen molar-refractivity contribution in [1.29, 1.82) is 0 Å². The zero-order valence-electron chi connectivity index (χ0n) is 21.2. The summed E-state index contributed by atoms with van der Waals surface area (Å²) in [7, 11) is 0. The van der Waals surface area contributed by atoms with Gasteiger partial charge >= 0.3 is 0 Å². The molecule has 9 rings (SSSR count). The van der Waals surface area contributed by atoms with E-state index in [4.69, 9.17) is 0 Å². The predicted octanol–water partition coefficient (Wildman–Crippen LogP) is 10.4. The summed E-state index contributed by atoms with van der Waals surface area (Å²) >= 11 is 0. The van der Waals surface area contributed by atoms with Crippen LogP contribution >= 0.6 is 0 Å². The standard InChI is InChI=1S/C38H23N/c1-2-11-25-24(10-1)20-23-36-38(25)33-15-6-8-19-35(33)39(36)34-18-7-5-14-29(34)28-21-22-32-27-13-4-3-12-26(27)30-16-9-17-31(28)37(30)32/h1-23H. The van der Waals surface area contributed by atoms with Gasteiger partial charge in [0.1, 0.15) is 0 Å². The van der Waals surface area contributed by atoms with Crippen molar-refractivity contribution in [3.8, 4) is 39.1 Å². The Balaban J connectivity index is 1.39. The first kappa shape index (κ1) is 20.9. The van der Waals surface area contributed by atoms with Gasteiger partial charge in [0.2, 0.25) is 0 Å². The Morgan fingerprint density at radius 3 is 1.79 bits per heavy atom. The van der Waals surface area contributed by atoms with Crippen molar-refractivity contribution in [2.75, 3.05) is 0 Å². The van der Waals surface area contributed by atoms with Crippen molar-refractivity contribution in [3.05, 3.63) is 140 Å². The Hall–Kier alpha value is -5.14. The van der Waals surface area contributed by atoms with Gasteiger partial charge in [-0.3, -0.25) is 0 Å². The average Bonchev–Trinajstić information content (AvgIpc) is 3.52. The highest BCUT2D eigenvalue weighted by molar-refractivity contribution is 6.22. The largest absolute Gasteiger partial charge is 0.309 e. The molecule has 0 radical (unpaired) electrons. The lowest BCUT2D eigenvalue weighted by molar-refractivity contribution is 1.18. The summed E-state index contributed by atoms with van der Waals surface area (Å²) in [6, 6.07) is 51.2. The van der Waals surface area contributed by atoms with E-state index in [-0.39, 0.29) is 0 Å². The van der Waals surface area contributed by atoms with Crippen molar-refractivity contribution in [2.24, 2.45) is 0 Å². The Labute approximate surface area is 226 Å². The summed E-state index contributed by atoms with van der Waals surface area (Å²) in [6.07, 6.45) is 0. The molecule has 0 unspecified atom stereocenters. The van der Waals surface area contributed by atoms with Gasteiger partial charge in [-0.2, -0.15) is 0 Å². The van der Waals surface area contributed by atoms with E-state index < -0.39 is 0 Å². The third kappa shape index (κ3) is 2.74. The number of nitrogens with zero attached hydrogens (tertiary/aromatic N) is 1. The van der Waals surface area contributed by atoms with Crippen LogP contribution in [0.2, 0.25) is 0 Å². The summed E-state index contributed by atoms with van der Waals surface area (Å²) in [4.78, 5) is 0. The highest BCUT2D eigenvalue weighted by Crippen LogP contribution is 2.50. The fraction of sp³-hybridized carbons (Fsp3) is 0. The molecule has 180 valence electrons. The molecule has 1 aliphatic rings. The van der Waals surface area contributed by atoms with Gasteiger partial charge in [0, 0.05) is 16.3 Å². The monoisotopic (exact) mass is 493 g/mol. The van der Waals surface area contributed by atoms with E-state index in [9.17, 15) is 0 Å². The number of aromatic nitrogens is 1. The molecule has 0 spiro atoms. The SMILES string of the molecule is c1ccc2c(c1)-c1cccc3c(-c4ccccc4-n4c5ccccc5c5c6ccccc6ccc54)ccc-2c13. The molecular formula is C38H23N. The Morgan fingerprint density at radius 2 is 0.923 bits per heavy atom. The van der Waals surface area contributed by atoms with E-state index in [1.807, 2.05) is 0 Å². The summed E-state index contributed by atoms with van der Waals surface area (Å²) in [6.45, 7) is 0. The van der Waals surface area contributed by atoms with Crippen LogP contribution in [0.3, 0.4) is 0 Å². The van der Waals surface area contributed by atoms with Crippen molar-refractivity contribution in [1.82, 2.24) is 4.57 Å². The van der Waals surface area contributed by atoms with Crippen LogP contribution in [0.1, 0.15) is 0 Å². The summed E-state index contributed by atoms with van der Waals surface area (Å²) in [5, 5.41) is 7.84. The van der Waals surface area contributed by atoms with Gasteiger partial charge in [-0.1, -0.05) is 121 Å². The maximum absolute atomic E-state index is 2.46. The van der Waals surface area contributed by atoms with E-state index in [2.05, 4.69) is 144 Å². The van der Waals surface area contributed by atoms with Crippen LogP contribution in [0.4, 0.5) is 0 Å². The van der Waals surface area contributed by atoms with E-state index in [0.29, 0.717) is 0 Å². The Morgan fingerprint density at radius 1 is 0.308 bits per heavy atom. The second-order valence-electron chi connectivity index (χ2n) is 10.5. The number of rotatable bonds is 2. The summed E-state index contributed by atoms with van der Waals surface area (Å²) in [5.41, 5.74) is 11.5. The minimum absolute atomic E-state index is 1.20. The van der Waals surface area contributed by atoms with Gasteiger partial charge in [0.05, 0.1) is 16.7 Å². The topological polar surface area (TPSA) is 4.93 Å². The van der Waals surface area contributed by atoms with Crippen LogP contribution in [0.5, 0.6) is 0 Å². The van der Waals surface area contributed by atoms with Crippen LogP contribution in [-0.4, -0.2) is 4.57 Å². The lowest BCUT2D eigenvalue weighted by Gasteiger charge is -2.16. The quantitative estimate of drug-likeness (QED) is 0.226. The first-order valence-electron chi connectivity index (χ1n) is 13.5. The maximum atomic E-state index is 2.46. The van der Waals surface area contributed by atoms with Gasteiger partial charge in [-0.15, -0.1) is 0 Å². The predicted molar refractivity (Wildman–Crippen MR) is 166 cm³/mol. The zero-order valence-corrected chi connectivity index (χ0v) is 21.2. The number of hydrogen-bond donors (Lipinski definition) is 0. The molecule has 1 aliphatic carbocycles. The number of benzene rings is 7. The van der Waals surface area contributed by atoms with Gasteiger partial charge in [0.25, 0.3) is 0 Å².